The molecule has 1 aliphatic heterocycles. The van der Waals surface area contributed by atoms with Crippen molar-refractivity contribution in [3.8, 4) is 16.5 Å². The molecule has 0 spiro atoms. The third-order valence-electron chi connectivity index (χ3n) is 2.98. The van der Waals surface area contributed by atoms with Crippen molar-refractivity contribution in [1.82, 2.24) is 10.6 Å². The van der Waals surface area contributed by atoms with Crippen LogP contribution in [0.5, 0.6) is 0 Å². The minimum Gasteiger partial charge on any atom is -0.346 e. The first-order valence-corrected chi connectivity index (χ1v) is 7.11. The van der Waals surface area contributed by atoms with E-state index in [0.29, 0.717) is 10.7 Å². The number of thiophene rings is 1. The number of carbonyl (C=O) groups is 1. The first-order valence-electron chi connectivity index (χ1n) is 5.89. The van der Waals surface area contributed by atoms with Crippen molar-refractivity contribution < 1.29 is 4.79 Å². The van der Waals surface area contributed by atoms with Crippen LogP contribution < -0.4 is 10.6 Å². The number of rotatable bonds is 2. The van der Waals surface area contributed by atoms with Gasteiger partial charge in [0.15, 0.2) is 5.11 Å². The fourth-order valence-electron chi connectivity index (χ4n) is 1.99. The van der Waals surface area contributed by atoms with Crippen molar-refractivity contribution in [2.45, 2.75) is 6.04 Å². The van der Waals surface area contributed by atoms with Crippen LogP contribution in [-0.2, 0) is 4.79 Å². The van der Waals surface area contributed by atoms with Crippen molar-refractivity contribution in [2.24, 2.45) is 0 Å². The second-order valence-corrected chi connectivity index (χ2v) is 5.81. The lowest BCUT2D eigenvalue weighted by Crippen LogP contribution is -2.21. The smallest absolute Gasteiger partial charge is 0.254 e. The van der Waals surface area contributed by atoms with Gasteiger partial charge in [-0.2, -0.15) is 5.26 Å². The van der Waals surface area contributed by atoms with E-state index in [1.807, 2.05) is 24.3 Å². The third kappa shape index (κ3) is 2.29. The number of amides is 1. The van der Waals surface area contributed by atoms with Gasteiger partial charge in [-0.3, -0.25) is 4.79 Å². The summed E-state index contributed by atoms with van der Waals surface area (Å²) in [5.41, 5.74) is 1.66. The van der Waals surface area contributed by atoms with Crippen LogP contribution in [0.15, 0.2) is 36.4 Å². The summed E-state index contributed by atoms with van der Waals surface area (Å²) in [5, 5.41) is 14.7. The van der Waals surface area contributed by atoms with Gasteiger partial charge in [0.1, 0.15) is 6.04 Å². The van der Waals surface area contributed by atoms with E-state index in [2.05, 4.69) is 16.7 Å². The number of hydrogen-bond donors (Lipinski definition) is 2. The molecule has 4 nitrogen and oxygen atoms in total. The van der Waals surface area contributed by atoms with Gasteiger partial charge < -0.3 is 10.6 Å². The molecule has 0 aliphatic carbocycles. The van der Waals surface area contributed by atoms with Crippen LogP contribution >= 0.6 is 23.6 Å². The SMILES string of the molecule is N#Cc1ccc(-c2ccc(C3NC(=S)NC3=O)s2)cc1. The van der Waals surface area contributed by atoms with Crippen LogP contribution in [0.4, 0.5) is 0 Å². The van der Waals surface area contributed by atoms with Gasteiger partial charge in [-0.1, -0.05) is 12.1 Å². The third-order valence-corrected chi connectivity index (χ3v) is 4.40. The number of thiocarbonyl (C=S) groups is 1. The van der Waals surface area contributed by atoms with Crippen molar-refractivity contribution in [3.05, 3.63) is 46.8 Å². The molecule has 98 valence electrons. The molecule has 1 aromatic carbocycles. The van der Waals surface area contributed by atoms with E-state index in [4.69, 9.17) is 17.5 Å². The molecule has 3 rings (SSSR count). The van der Waals surface area contributed by atoms with E-state index in [-0.39, 0.29) is 5.91 Å². The summed E-state index contributed by atoms with van der Waals surface area (Å²) in [6.07, 6.45) is 0. The molecule has 1 amide bonds. The van der Waals surface area contributed by atoms with E-state index < -0.39 is 6.04 Å². The largest absolute Gasteiger partial charge is 0.346 e. The Bertz CT molecular complexity index is 728. The molecule has 2 heterocycles. The summed E-state index contributed by atoms with van der Waals surface area (Å²) in [4.78, 5) is 13.7. The van der Waals surface area contributed by atoms with Gasteiger partial charge in [0.25, 0.3) is 5.91 Å². The molecule has 0 bridgehead atoms. The molecular weight excluding hydrogens is 290 g/mol. The number of carbonyl (C=O) groups excluding carboxylic acids is 1. The number of nitrogens with one attached hydrogen (secondary N) is 2. The molecule has 1 atom stereocenters. The van der Waals surface area contributed by atoms with Gasteiger partial charge in [0.05, 0.1) is 11.6 Å². The molecule has 1 fully saturated rings. The average Bonchev–Trinajstić information content (AvgIpc) is 3.05. The fourth-order valence-corrected chi connectivity index (χ4v) is 3.27. The molecule has 1 aromatic heterocycles. The second-order valence-electron chi connectivity index (χ2n) is 4.29. The van der Waals surface area contributed by atoms with Crippen LogP contribution in [-0.4, -0.2) is 11.0 Å². The predicted octanol–water partition coefficient (Wildman–Crippen LogP) is 2.33. The Morgan fingerprint density at radius 1 is 1.20 bits per heavy atom. The highest BCUT2D eigenvalue weighted by atomic mass is 32.1. The Hall–Kier alpha value is -2.23. The van der Waals surface area contributed by atoms with Gasteiger partial charge in [-0.25, -0.2) is 0 Å². The molecule has 6 heteroatoms. The molecule has 1 saturated heterocycles. The minimum atomic E-state index is -0.403. The molecule has 1 unspecified atom stereocenters. The molecule has 0 radical (unpaired) electrons. The maximum Gasteiger partial charge on any atom is 0.254 e. The number of nitriles is 1. The first kappa shape index (κ1) is 12.8. The van der Waals surface area contributed by atoms with Gasteiger partial charge in [-0.05, 0) is 42.0 Å². The van der Waals surface area contributed by atoms with Crippen molar-refractivity contribution in [2.75, 3.05) is 0 Å². The lowest BCUT2D eigenvalue weighted by atomic mass is 10.1. The highest BCUT2D eigenvalue weighted by molar-refractivity contribution is 7.80. The summed E-state index contributed by atoms with van der Waals surface area (Å²) in [6, 6.07) is 13.0. The molecule has 1 aliphatic rings. The van der Waals surface area contributed by atoms with E-state index in [9.17, 15) is 4.79 Å². The van der Waals surface area contributed by atoms with E-state index in [0.717, 1.165) is 15.3 Å². The summed E-state index contributed by atoms with van der Waals surface area (Å²) >= 11 is 6.47. The predicted molar refractivity (Wildman–Crippen MR) is 81.1 cm³/mol. The zero-order valence-electron chi connectivity index (χ0n) is 10.2. The summed E-state index contributed by atoms with van der Waals surface area (Å²) < 4.78 is 0. The zero-order chi connectivity index (χ0) is 14.1. The Labute approximate surface area is 125 Å². The van der Waals surface area contributed by atoms with Crippen molar-refractivity contribution in [1.29, 1.82) is 5.26 Å². The Kier molecular flexibility index (Phi) is 3.22. The Morgan fingerprint density at radius 2 is 1.95 bits per heavy atom. The van der Waals surface area contributed by atoms with Crippen LogP contribution in [0.3, 0.4) is 0 Å². The summed E-state index contributed by atoms with van der Waals surface area (Å²) in [5.74, 6) is -0.122. The molecule has 2 N–H and O–H groups in total. The van der Waals surface area contributed by atoms with Gasteiger partial charge in [0.2, 0.25) is 0 Å². The fraction of sp³-hybridized carbons (Fsp3) is 0.0714. The monoisotopic (exact) mass is 299 g/mol. The van der Waals surface area contributed by atoms with Gasteiger partial charge in [0, 0.05) is 9.75 Å². The number of hydrogen-bond acceptors (Lipinski definition) is 4. The lowest BCUT2D eigenvalue weighted by molar-refractivity contribution is -0.120. The average molecular weight is 299 g/mol. The van der Waals surface area contributed by atoms with Gasteiger partial charge in [-0.15, -0.1) is 11.3 Å². The number of benzene rings is 1. The van der Waals surface area contributed by atoms with Crippen LogP contribution in [0.2, 0.25) is 0 Å². The van der Waals surface area contributed by atoms with Crippen LogP contribution in [0.1, 0.15) is 16.5 Å². The Balaban J connectivity index is 1.88. The highest BCUT2D eigenvalue weighted by Gasteiger charge is 2.29. The first-order chi connectivity index (χ1) is 9.67. The van der Waals surface area contributed by atoms with E-state index >= 15 is 0 Å². The normalized spacial score (nSPS) is 17.4. The molecule has 20 heavy (non-hydrogen) atoms. The maximum absolute atomic E-state index is 11.7. The summed E-state index contributed by atoms with van der Waals surface area (Å²) in [6.45, 7) is 0. The quantitative estimate of drug-likeness (QED) is 0.835. The standard InChI is InChI=1S/C14H9N3OS2/c15-7-8-1-3-9(4-2-8)10-5-6-11(20-10)12-13(18)17-14(19)16-12/h1-6,12H,(H2,16,17,18,19). The minimum absolute atomic E-state index is 0.122. The van der Waals surface area contributed by atoms with Gasteiger partial charge >= 0.3 is 0 Å². The zero-order valence-corrected chi connectivity index (χ0v) is 11.8. The van der Waals surface area contributed by atoms with Crippen molar-refractivity contribution >= 4 is 34.6 Å². The Morgan fingerprint density at radius 3 is 2.55 bits per heavy atom. The number of nitrogens with zero attached hydrogens (tertiary/aromatic N) is 1. The van der Waals surface area contributed by atoms with Crippen molar-refractivity contribution in [3.63, 3.8) is 0 Å². The molecular formula is C14H9N3OS2. The summed E-state index contributed by atoms with van der Waals surface area (Å²) in [7, 11) is 0. The van der Waals surface area contributed by atoms with Crippen LogP contribution in [0.25, 0.3) is 10.4 Å². The topological polar surface area (TPSA) is 64.9 Å². The van der Waals surface area contributed by atoms with E-state index in [1.54, 1.807) is 12.1 Å². The molecule has 2 aromatic rings. The second kappa shape index (κ2) is 5.04. The van der Waals surface area contributed by atoms with Crippen LogP contribution in [0, 0.1) is 11.3 Å². The lowest BCUT2D eigenvalue weighted by Gasteiger charge is -2.03. The van der Waals surface area contributed by atoms with E-state index in [1.165, 1.54) is 11.3 Å². The molecule has 0 saturated carbocycles. The maximum atomic E-state index is 11.7. The highest BCUT2D eigenvalue weighted by Crippen LogP contribution is 2.32.